The number of aryl methyl sites for hydroxylation is 1. The van der Waals surface area contributed by atoms with Crippen LogP contribution < -0.4 is 10.6 Å². The second-order valence-corrected chi connectivity index (χ2v) is 8.81. The molecule has 0 aliphatic rings. The van der Waals surface area contributed by atoms with E-state index in [-0.39, 0.29) is 11.5 Å². The molecule has 0 fully saturated rings. The van der Waals surface area contributed by atoms with E-state index in [9.17, 15) is 0 Å². The molecule has 5 heteroatoms. The molecule has 0 spiro atoms. The second kappa shape index (κ2) is 8.49. The van der Waals surface area contributed by atoms with E-state index in [1.807, 2.05) is 12.1 Å². The lowest BCUT2D eigenvalue weighted by Gasteiger charge is -2.40. The highest BCUT2D eigenvalue weighted by molar-refractivity contribution is 6.31. The molecule has 0 saturated carbocycles. The van der Waals surface area contributed by atoms with Crippen molar-refractivity contribution in [1.82, 2.24) is 9.97 Å². The van der Waals surface area contributed by atoms with E-state index >= 15 is 0 Å². The first-order valence-corrected chi connectivity index (χ1v) is 10.5. The van der Waals surface area contributed by atoms with Crippen molar-refractivity contribution in [3.63, 3.8) is 0 Å². The number of benzene rings is 2. The van der Waals surface area contributed by atoms with Gasteiger partial charge in [-0.05, 0) is 69.0 Å². The predicted molar refractivity (Wildman–Crippen MR) is 129 cm³/mol. The minimum absolute atomic E-state index is 0.180. The van der Waals surface area contributed by atoms with Gasteiger partial charge < -0.3 is 10.6 Å². The maximum Gasteiger partial charge on any atom is 0.219 e. The average molecular weight is 421 g/mol. The summed E-state index contributed by atoms with van der Waals surface area (Å²) in [7, 11) is 0. The van der Waals surface area contributed by atoms with E-state index in [0.29, 0.717) is 0 Å². The Morgan fingerprint density at radius 3 is 2.33 bits per heavy atom. The Labute approximate surface area is 184 Å². The fourth-order valence-electron chi connectivity index (χ4n) is 3.79. The van der Waals surface area contributed by atoms with Gasteiger partial charge in [0.25, 0.3) is 0 Å². The zero-order valence-electron chi connectivity index (χ0n) is 18.3. The molecule has 3 rings (SSSR count). The van der Waals surface area contributed by atoms with E-state index in [2.05, 4.69) is 80.3 Å². The molecule has 0 unspecified atom stereocenters. The number of rotatable bonds is 5. The quantitative estimate of drug-likeness (QED) is 0.510. The molecular formula is C25H29ClN4. The summed E-state index contributed by atoms with van der Waals surface area (Å²) in [6, 6.07) is 12.4. The first kappa shape index (κ1) is 21.8. The Kier molecular flexibility index (Phi) is 6.18. The highest BCUT2D eigenvalue weighted by Gasteiger charge is 2.27. The summed E-state index contributed by atoms with van der Waals surface area (Å²) in [5.74, 6) is 0.274. The second-order valence-electron chi connectivity index (χ2n) is 8.40. The third-order valence-corrected chi connectivity index (χ3v) is 5.52. The number of nitrogens with zero attached hydrogens (tertiary/aromatic N) is 3. The van der Waals surface area contributed by atoms with Crippen molar-refractivity contribution in [2.45, 2.75) is 46.6 Å². The van der Waals surface area contributed by atoms with Gasteiger partial charge in [0.1, 0.15) is 0 Å². The van der Waals surface area contributed by atoms with Crippen LogP contribution in [0.3, 0.4) is 0 Å². The van der Waals surface area contributed by atoms with Crippen LogP contribution in [0.25, 0.3) is 16.8 Å². The van der Waals surface area contributed by atoms with Gasteiger partial charge in [0, 0.05) is 45.5 Å². The first-order valence-electron chi connectivity index (χ1n) is 10.1. The molecule has 0 radical (unpaired) electrons. The van der Waals surface area contributed by atoms with Crippen molar-refractivity contribution >= 4 is 28.9 Å². The molecule has 156 valence electrons. The van der Waals surface area contributed by atoms with Crippen molar-refractivity contribution in [1.29, 1.82) is 0 Å². The van der Waals surface area contributed by atoms with E-state index in [1.54, 1.807) is 12.4 Å². The molecule has 2 N–H and O–H groups in total. The lowest BCUT2D eigenvalue weighted by molar-refractivity contribution is 0.562. The Morgan fingerprint density at radius 1 is 1.10 bits per heavy atom. The zero-order chi connectivity index (χ0) is 22.1. The molecule has 30 heavy (non-hydrogen) atoms. The lowest BCUT2D eigenvalue weighted by Crippen LogP contribution is -2.40. The van der Waals surface area contributed by atoms with Crippen LogP contribution >= 0.6 is 11.6 Å². The van der Waals surface area contributed by atoms with Crippen LogP contribution in [0.15, 0.2) is 55.4 Å². The maximum atomic E-state index is 6.49. The third kappa shape index (κ3) is 4.34. The molecule has 4 nitrogen and oxygen atoms in total. The summed E-state index contributed by atoms with van der Waals surface area (Å²) in [5.41, 5.74) is 12.8. The van der Waals surface area contributed by atoms with Gasteiger partial charge in [-0.1, -0.05) is 43.3 Å². The van der Waals surface area contributed by atoms with Gasteiger partial charge in [-0.2, -0.15) is 0 Å². The van der Waals surface area contributed by atoms with Gasteiger partial charge >= 0.3 is 0 Å². The highest BCUT2D eigenvalue weighted by atomic mass is 35.5. The SMILES string of the molecule is C=C(c1cccc(Cl)c1CC)N(c1ccc(-c2cnc(N)nc2)cc1C)C(C)(C)C. The Hall–Kier alpha value is -2.85. The number of anilines is 2. The number of hydrogen-bond acceptors (Lipinski definition) is 4. The molecule has 0 saturated heterocycles. The van der Waals surface area contributed by atoms with E-state index in [0.717, 1.165) is 50.6 Å². The standard InChI is InChI=1S/C25H29ClN4/c1-7-20-21(9-8-10-22(20)26)17(3)30(25(4,5)6)23-12-11-18(13-16(23)2)19-14-28-24(27)29-15-19/h8-15H,3,7H2,1-2,4-6H3,(H2,27,28,29). The van der Waals surface area contributed by atoms with Gasteiger partial charge in [0.15, 0.2) is 0 Å². The van der Waals surface area contributed by atoms with Crippen molar-refractivity contribution < 1.29 is 0 Å². The Morgan fingerprint density at radius 2 is 1.77 bits per heavy atom. The van der Waals surface area contributed by atoms with Crippen LogP contribution in [0, 0.1) is 6.92 Å². The average Bonchev–Trinajstić information content (AvgIpc) is 2.68. The fourth-order valence-corrected chi connectivity index (χ4v) is 4.10. The van der Waals surface area contributed by atoms with Crippen LogP contribution in [-0.4, -0.2) is 15.5 Å². The van der Waals surface area contributed by atoms with Gasteiger partial charge in [0.2, 0.25) is 5.95 Å². The number of aromatic nitrogens is 2. The van der Waals surface area contributed by atoms with Gasteiger partial charge in [-0.15, -0.1) is 0 Å². The van der Waals surface area contributed by atoms with Gasteiger partial charge in [-0.3, -0.25) is 0 Å². The fraction of sp³-hybridized carbons (Fsp3) is 0.280. The molecule has 0 atom stereocenters. The minimum atomic E-state index is -0.180. The van der Waals surface area contributed by atoms with Gasteiger partial charge in [0.05, 0.1) is 0 Å². The van der Waals surface area contributed by atoms with Crippen LogP contribution in [0.2, 0.25) is 5.02 Å². The van der Waals surface area contributed by atoms with Crippen molar-refractivity contribution in [2.75, 3.05) is 10.6 Å². The van der Waals surface area contributed by atoms with Crippen LogP contribution in [0.5, 0.6) is 0 Å². The van der Waals surface area contributed by atoms with Crippen LogP contribution in [0.1, 0.15) is 44.4 Å². The number of nitrogen functional groups attached to an aromatic ring is 1. The Balaban J connectivity index is 2.08. The highest BCUT2D eigenvalue weighted by Crippen LogP contribution is 2.38. The Bertz CT molecular complexity index is 1070. The van der Waals surface area contributed by atoms with E-state index in [4.69, 9.17) is 17.3 Å². The normalized spacial score (nSPS) is 11.4. The summed E-state index contributed by atoms with van der Waals surface area (Å²) < 4.78 is 0. The summed E-state index contributed by atoms with van der Waals surface area (Å²) in [6.07, 6.45) is 4.34. The summed E-state index contributed by atoms with van der Waals surface area (Å²) in [5, 5.41) is 0.778. The summed E-state index contributed by atoms with van der Waals surface area (Å²) in [4.78, 5) is 10.5. The largest absolute Gasteiger partial charge is 0.368 e. The number of nitrogens with two attached hydrogens (primary N) is 1. The van der Waals surface area contributed by atoms with Crippen LogP contribution in [0.4, 0.5) is 11.6 Å². The van der Waals surface area contributed by atoms with Crippen molar-refractivity contribution in [3.05, 3.63) is 77.1 Å². The summed E-state index contributed by atoms with van der Waals surface area (Å²) >= 11 is 6.49. The molecule has 2 aromatic carbocycles. The lowest BCUT2D eigenvalue weighted by atomic mass is 9.95. The molecule has 1 aromatic heterocycles. The maximum absolute atomic E-state index is 6.49. The molecule has 0 aliphatic carbocycles. The van der Waals surface area contributed by atoms with Gasteiger partial charge in [-0.25, -0.2) is 9.97 Å². The minimum Gasteiger partial charge on any atom is -0.368 e. The first-order chi connectivity index (χ1) is 14.1. The van der Waals surface area contributed by atoms with E-state index < -0.39 is 0 Å². The molecule has 0 amide bonds. The molecular weight excluding hydrogens is 392 g/mol. The van der Waals surface area contributed by atoms with Crippen molar-refractivity contribution in [2.24, 2.45) is 0 Å². The zero-order valence-corrected chi connectivity index (χ0v) is 19.1. The number of halogens is 1. The monoisotopic (exact) mass is 420 g/mol. The van der Waals surface area contributed by atoms with Crippen LogP contribution in [-0.2, 0) is 6.42 Å². The van der Waals surface area contributed by atoms with E-state index in [1.165, 1.54) is 0 Å². The number of hydrogen-bond donors (Lipinski definition) is 1. The molecule has 1 heterocycles. The smallest absolute Gasteiger partial charge is 0.219 e. The third-order valence-electron chi connectivity index (χ3n) is 5.17. The predicted octanol–water partition coefficient (Wildman–Crippen LogP) is 6.53. The topological polar surface area (TPSA) is 55.0 Å². The van der Waals surface area contributed by atoms with Crippen molar-refractivity contribution in [3.8, 4) is 11.1 Å². The molecule has 0 aliphatic heterocycles. The summed E-state index contributed by atoms with van der Waals surface area (Å²) in [6.45, 7) is 15.3. The molecule has 3 aromatic rings. The molecule has 0 bridgehead atoms.